The summed E-state index contributed by atoms with van der Waals surface area (Å²) < 4.78 is 1.91. The summed E-state index contributed by atoms with van der Waals surface area (Å²) in [6, 6.07) is 0.0263. The van der Waals surface area contributed by atoms with Gasteiger partial charge in [0.25, 0.3) is 0 Å². The second kappa shape index (κ2) is 6.57. The van der Waals surface area contributed by atoms with Crippen LogP contribution >= 0.6 is 0 Å². The third kappa shape index (κ3) is 3.34. The van der Waals surface area contributed by atoms with Gasteiger partial charge in [-0.25, -0.2) is 0 Å². The van der Waals surface area contributed by atoms with Gasteiger partial charge in [-0.3, -0.25) is 9.48 Å². The van der Waals surface area contributed by atoms with Crippen molar-refractivity contribution in [2.75, 3.05) is 0 Å². The Morgan fingerprint density at radius 2 is 2.00 bits per heavy atom. The quantitative estimate of drug-likeness (QED) is 0.845. The molecule has 0 aromatic carbocycles. The summed E-state index contributed by atoms with van der Waals surface area (Å²) in [5, 5.41) is 7.49. The van der Waals surface area contributed by atoms with Gasteiger partial charge in [-0.05, 0) is 33.6 Å². The first-order valence-electron chi connectivity index (χ1n) is 6.87. The smallest absolute Gasteiger partial charge is 0.223 e. The maximum Gasteiger partial charge on any atom is 0.223 e. The van der Waals surface area contributed by atoms with E-state index in [1.165, 1.54) is 0 Å². The van der Waals surface area contributed by atoms with Gasteiger partial charge < -0.3 is 5.32 Å². The normalized spacial score (nSPS) is 12.8. The lowest BCUT2D eigenvalue weighted by molar-refractivity contribution is -0.125. The number of rotatable bonds is 6. The summed E-state index contributed by atoms with van der Waals surface area (Å²) in [4.78, 5) is 12.0. The second-order valence-corrected chi connectivity index (χ2v) is 4.77. The van der Waals surface area contributed by atoms with Crippen LogP contribution in [0.4, 0.5) is 0 Å². The van der Waals surface area contributed by atoms with Crippen molar-refractivity contribution in [2.24, 2.45) is 5.92 Å². The maximum atomic E-state index is 12.0. The van der Waals surface area contributed by atoms with Crippen LogP contribution in [-0.4, -0.2) is 15.7 Å². The molecule has 1 N–H and O–H groups in total. The molecule has 0 bridgehead atoms. The lowest BCUT2D eigenvalue weighted by atomic mass is 10.0. The zero-order valence-electron chi connectivity index (χ0n) is 12.2. The number of aromatic nitrogens is 2. The summed E-state index contributed by atoms with van der Waals surface area (Å²) in [6.45, 7) is 11.0. The summed E-state index contributed by atoms with van der Waals surface area (Å²) >= 11 is 0. The Morgan fingerprint density at radius 3 is 2.44 bits per heavy atom. The Kier molecular flexibility index (Phi) is 5.38. The Hall–Kier alpha value is -1.32. The molecule has 18 heavy (non-hydrogen) atoms. The van der Waals surface area contributed by atoms with E-state index < -0.39 is 0 Å². The summed E-state index contributed by atoms with van der Waals surface area (Å²) in [7, 11) is 0. The lowest BCUT2D eigenvalue weighted by Crippen LogP contribution is -2.32. The molecular weight excluding hydrogens is 226 g/mol. The topological polar surface area (TPSA) is 46.9 Å². The Balaban J connectivity index is 2.72. The van der Waals surface area contributed by atoms with Crippen LogP contribution in [0.3, 0.4) is 0 Å². The van der Waals surface area contributed by atoms with E-state index in [0.717, 1.165) is 30.6 Å². The molecule has 1 aromatic heterocycles. The van der Waals surface area contributed by atoms with Gasteiger partial charge in [-0.2, -0.15) is 5.10 Å². The fourth-order valence-electron chi connectivity index (χ4n) is 2.19. The minimum atomic E-state index is 0.0263. The van der Waals surface area contributed by atoms with Crippen molar-refractivity contribution in [3.8, 4) is 0 Å². The first-order valence-corrected chi connectivity index (χ1v) is 6.87. The highest BCUT2D eigenvalue weighted by atomic mass is 16.1. The highest BCUT2D eigenvalue weighted by Crippen LogP contribution is 2.17. The van der Waals surface area contributed by atoms with Crippen LogP contribution in [0.25, 0.3) is 0 Å². The lowest BCUT2D eigenvalue weighted by Gasteiger charge is -2.17. The summed E-state index contributed by atoms with van der Waals surface area (Å²) in [5.74, 6) is 0.269. The van der Waals surface area contributed by atoms with Crippen LogP contribution in [0.2, 0.25) is 0 Å². The van der Waals surface area contributed by atoms with E-state index in [0.29, 0.717) is 0 Å². The Bertz CT molecular complexity index is 394. The highest BCUT2D eigenvalue weighted by Gasteiger charge is 2.19. The number of nitrogens with zero attached hydrogens (tertiary/aromatic N) is 2. The van der Waals surface area contributed by atoms with Gasteiger partial charge >= 0.3 is 0 Å². The molecule has 0 spiro atoms. The maximum absolute atomic E-state index is 12.0. The molecule has 1 atom stereocenters. The first kappa shape index (κ1) is 14.7. The van der Waals surface area contributed by atoms with Gasteiger partial charge in [0.05, 0.1) is 11.7 Å². The molecule has 1 aromatic rings. The minimum absolute atomic E-state index is 0.0263. The summed E-state index contributed by atoms with van der Waals surface area (Å²) in [6.07, 6.45) is 3.80. The third-order valence-corrected chi connectivity index (χ3v) is 3.49. The monoisotopic (exact) mass is 251 g/mol. The van der Waals surface area contributed by atoms with Crippen LogP contribution in [0.5, 0.6) is 0 Å². The van der Waals surface area contributed by atoms with Crippen molar-refractivity contribution in [3.63, 3.8) is 0 Å². The zero-order valence-corrected chi connectivity index (χ0v) is 12.2. The molecule has 1 unspecified atom stereocenters. The van der Waals surface area contributed by atoms with Crippen molar-refractivity contribution < 1.29 is 4.79 Å². The van der Waals surface area contributed by atoms with E-state index in [9.17, 15) is 4.79 Å². The van der Waals surface area contributed by atoms with E-state index in [-0.39, 0.29) is 17.9 Å². The van der Waals surface area contributed by atoms with E-state index >= 15 is 0 Å². The second-order valence-electron chi connectivity index (χ2n) is 4.77. The average Bonchev–Trinajstić information content (AvgIpc) is 2.72. The fourth-order valence-corrected chi connectivity index (χ4v) is 2.19. The minimum Gasteiger partial charge on any atom is -0.349 e. The van der Waals surface area contributed by atoms with Gasteiger partial charge in [0.15, 0.2) is 0 Å². The number of carbonyl (C=O) groups excluding carboxylic acids is 1. The predicted molar refractivity (Wildman–Crippen MR) is 73.3 cm³/mol. The van der Waals surface area contributed by atoms with Crippen LogP contribution in [0.15, 0.2) is 6.20 Å². The van der Waals surface area contributed by atoms with Crippen molar-refractivity contribution in [1.29, 1.82) is 0 Å². The van der Waals surface area contributed by atoms with E-state index in [2.05, 4.69) is 31.2 Å². The fraction of sp³-hybridized carbons (Fsp3) is 0.714. The van der Waals surface area contributed by atoms with Crippen molar-refractivity contribution in [3.05, 3.63) is 17.5 Å². The molecule has 0 saturated heterocycles. The van der Waals surface area contributed by atoms with Gasteiger partial charge in [-0.1, -0.05) is 13.8 Å². The predicted octanol–water partition coefficient (Wildman–Crippen LogP) is 2.82. The van der Waals surface area contributed by atoms with Crippen molar-refractivity contribution in [2.45, 2.75) is 60.0 Å². The largest absolute Gasteiger partial charge is 0.349 e. The molecule has 4 heteroatoms. The van der Waals surface area contributed by atoms with Crippen molar-refractivity contribution >= 4 is 5.91 Å². The number of aryl methyl sites for hydroxylation is 2. The number of nitrogens with one attached hydrogen (secondary N) is 1. The number of hydrogen-bond donors (Lipinski definition) is 1. The number of carbonyl (C=O) groups is 1. The Morgan fingerprint density at radius 1 is 1.39 bits per heavy atom. The standard InChI is InChI=1S/C14H25N3O/c1-6-12(7-2)14(18)15-10(4)13-9-17(8-3)16-11(13)5/h9-10,12H,6-8H2,1-5H3,(H,15,18). The summed E-state index contributed by atoms with van der Waals surface area (Å²) in [5.41, 5.74) is 2.10. The molecule has 1 rings (SSSR count). The van der Waals surface area contributed by atoms with Crippen LogP contribution < -0.4 is 5.32 Å². The SMILES string of the molecule is CCC(CC)C(=O)NC(C)c1cn(CC)nc1C. The van der Waals surface area contributed by atoms with Crippen molar-refractivity contribution in [1.82, 2.24) is 15.1 Å². The third-order valence-electron chi connectivity index (χ3n) is 3.49. The molecular formula is C14H25N3O. The van der Waals surface area contributed by atoms with Crippen LogP contribution in [0, 0.1) is 12.8 Å². The molecule has 4 nitrogen and oxygen atoms in total. The van der Waals surface area contributed by atoms with Crippen LogP contribution in [-0.2, 0) is 11.3 Å². The molecule has 0 aliphatic carbocycles. The number of hydrogen-bond acceptors (Lipinski definition) is 2. The first-order chi connectivity index (χ1) is 8.53. The molecule has 0 fully saturated rings. The van der Waals surface area contributed by atoms with E-state index in [4.69, 9.17) is 0 Å². The molecule has 0 aliphatic heterocycles. The van der Waals surface area contributed by atoms with Gasteiger partial charge in [-0.15, -0.1) is 0 Å². The molecule has 102 valence electrons. The molecule has 1 heterocycles. The van der Waals surface area contributed by atoms with E-state index in [1.54, 1.807) is 0 Å². The highest BCUT2D eigenvalue weighted by molar-refractivity contribution is 5.79. The number of amides is 1. The van der Waals surface area contributed by atoms with E-state index in [1.807, 2.05) is 24.7 Å². The Labute approximate surface area is 110 Å². The van der Waals surface area contributed by atoms with Gasteiger partial charge in [0.1, 0.15) is 0 Å². The molecule has 0 radical (unpaired) electrons. The molecule has 0 aliphatic rings. The van der Waals surface area contributed by atoms with Gasteiger partial charge in [0, 0.05) is 24.2 Å². The molecule has 1 amide bonds. The zero-order chi connectivity index (χ0) is 13.7. The molecule has 0 saturated carbocycles. The van der Waals surface area contributed by atoms with Gasteiger partial charge in [0.2, 0.25) is 5.91 Å². The van der Waals surface area contributed by atoms with Crippen LogP contribution in [0.1, 0.15) is 57.8 Å². The average molecular weight is 251 g/mol.